The number of rotatable bonds is 3. The van der Waals surface area contributed by atoms with Crippen molar-refractivity contribution in [2.45, 2.75) is 45.3 Å². The molecule has 3 nitrogen and oxygen atoms in total. The molecule has 1 aromatic rings. The molecule has 1 aromatic heterocycles. The maximum absolute atomic E-state index is 13.1. The van der Waals surface area contributed by atoms with Crippen molar-refractivity contribution in [3.63, 3.8) is 0 Å². The van der Waals surface area contributed by atoms with Gasteiger partial charge in [0.15, 0.2) is 0 Å². The number of aliphatic hydroxyl groups excluding tert-OH is 1. The number of anilines is 1. The second kappa shape index (κ2) is 5.65. The van der Waals surface area contributed by atoms with Gasteiger partial charge in [-0.05, 0) is 24.8 Å². The summed E-state index contributed by atoms with van der Waals surface area (Å²) in [5.41, 5.74) is 0.565. The largest absolute Gasteiger partial charge is 0.392 e. The van der Waals surface area contributed by atoms with Crippen LogP contribution in [-0.4, -0.2) is 23.2 Å². The highest BCUT2D eigenvalue weighted by atomic mass is 19.1. The molecule has 2 rings (SSSR count). The Bertz CT molecular complexity index is 411. The SMILES string of the molecule is CC1CCCC(N(C)c2ncc(F)cc2CO)C1. The third-order valence-electron chi connectivity index (χ3n) is 3.87. The third kappa shape index (κ3) is 2.80. The maximum Gasteiger partial charge on any atom is 0.142 e. The molecular formula is C14H21FN2O. The Morgan fingerprint density at radius 3 is 2.94 bits per heavy atom. The topological polar surface area (TPSA) is 36.4 Å². The van der Waals surface area contributed by atoms with E-state index in [-0.39, 0.29) is 6.61 Å². The van der Waals surface area contributed by atoms with Crippen molar-refractivity contribution in [3.8, 4) is 0 Å². The summed E-state index contributed by atoms with van der Waals surface area (Å²) < 4.78 is 13.1. The first-order valence-corrected chi connectivity index (χ1v) is 6.60. The second-order valence-electron chi connectivity index (χ2n) is 5.33. The van der Waals surface area contributed by atoms with Crippen molar-refractivity contribution in [1.29, 1.82) is 0 Å². The van der Waals surface area contributed by atoms with Crippen molar-refractivity contribution in [1.82, 2.24) is 4.98 Å². The van der Waals surface area contributed by atoms with E-state index in [2.05, 4.69) is 16.8 Å². The van der Waals surface area contributed by atoms with E-state index in [0.29, 0.717) is 17.4 Å². The minimum absolute atomic E-state index is 0.174. The van der Waals surface area contributed by atoms with Gasteiger partial charge in [0.1, 0.15) is 11.6 Å². The molecule has 1 saturated carbocycles. The first-order chi connectivity index (χ1) is 8.61. The molecule has 0 saturated heterocycles. The number of aromatic nitrogens is 1. The van der Waals surface area contributed by atoms with E-state index >= 15 is 0 Å². The third-order valence-corrected chi connectivity index (χ3v) is 3.87. The van der Waals surface area contributed by atoms with Crippen LogP contribution in [0, 0.1) is 11.7 Å². The van der Waals surface area contributed by atoms with Crippen LogP contribution in [0.25, 0.3) is 0 Å². The van der Waals surface area contributed by atoms with Gasteiger partial charge in [0, 0.05) is 18.7 Å². The van der Waals surface area contributed by atoms with Gasteiger partial charge in [-0.25, -0.2) is 9.37 Å². The lowest BCUT2D eigenvalue weighted by Gasteiger charge is -2.35. The smallest absolute Gasteiger partial charge is 0.142 e. The Labute approximate surface area is 108 Å². The molecular weight excluding hydrogens is 231 g/mol. The van der Waals surface area contributed by atoms with Crippen LogP contribution < -0.4 is 4.90 Å². The van der Waals surface area contributed by atoms with Gasteiger partial charge in [-0.2, -0.15) is 0 Å². The Morgan fingerprint density at radius 2 is 2.28 bits per heavy atom. The summed E-state index contributed by atoms with van der Waals surface area (Å²) in [7, 11) is 1.99. The number of nitrogens with zero attached hydrogens (tertiary/aromatic N) is 2. The van der Waals surface area contributed by atoms with Crippen LogP contribution in [0.4, 0.5) is 10.2 Å². The molecule has 1 heterocycles. The van der Waals surface area contributed by atoms with Crippen LogP contribution in [-0.2, 0) is 6.61 Å². The molecule has 0 radical (unpaired) electrons. The molecule has 1 fully saturated rings. The Balaban J connectivity index is 2.19. The highest BCUT2D eigenvalue weighted by molar-refractivity contribution is 5.46. The van der Waals surface area contributed by atoms with Gasteiger partial charge in [0.2, 0.25) is 0 Å². The quantitative estimate of drug-likeness (QED) is 0.898. The second-order valence-corrected chi connectivity index (χ2v) is 5.33. The van der Waals surface area contributed by atoms with E-state index < -0.39 is 5.82 Å². The number of aliphatic hydroxyl groups is 1. The van der Waals surface area contributed by atoms with E-state index in [1.54, 1.807) is 0 Å². The molecule has 0 aliphatic heterocycles. The monoisotopic (exact) mass is 252 g/mol. The van der Waals surface area contributed by atoms with Crippen LogP contribution in [0.5, 0.6) is 0 Å². The Kier molecular flexibility index (Phi) is 4.17. The van der Waals surface area contributed by atoms with E-state index in [9.17, 15) is 9.50 Å². The molecule has 0 bridgehead atoms. The average Bonchev–Trinajstić information content (AvgIpc) is 2.37. The lowest BCUT2D eigenvalue weighted by atomic mass is 9.86. The molecule has 2 unspecified atom stereocenters. The highest BCUT2D eigenvalue weighted by Crippen LogP contribution is 2.30. The summed E-state index contributed by atoms with van der Waals surface area (Å²) in [6.45, 7) is 2.09. The van der Waals surface area contributed by atoms with Crippen molar-refractivity contribution >= 4 is 5.82 Å². The first kappa shape index (κ1) is 13.3. The summed E-state index contributed by atoms with van der Waals surface area (Å²) in [5, 5.41) is 9.31. The molecule has 1 aliphatic carbocycles. The Morgan fingerprint density at radius 1 is 1.50 bits per heavy atom. The summed E-state index contributed by atoms with van der Waals surface area (Å²) >= 11 is 0. The molecule has 1 aliphatic rings. The summed E-state index contributed by atoms with van der Waals surface area (Å²) in [4.78, 5) is 6.24. The summed E-state index contributed by atoms with van der Waals surface area (Å²) in [6, 6.07) is 1.81. The lowest BCUT2D eigenvalue weighted by molar-refractivity contribution is 0.279. The van der Waals surface area contributed by atoms with Gasteiger partial charge in [0.25, 0.3) is 0 Å². The van der Waals surface area contributed by atoms with Gasteiger partial charge in [-0.3, -0.25) is 0 Å². The lowest BCUT2D eigenvalue weighted by Crippen LogP contribution is -2.36. The fourth-order valence-electron chi connectivity index (χ4n) is 2.83. The van der Waals surface area contributed by atoms with Crippen LogP contribution in [0.3, 0.4) is 0 Å². The standard InChI is InChI=1S/C14H21FN2O/c1-10-4-3-5-13(6-10)17(2)14-11(9-18)7-12(15)8-16-14/h7-8,10,13,18H,3-6,9H2,1-2H3. The first-order valence-electron chi connectivity index (χ1n) is 6.60. The summed E-state index contributed by atoms with van der Waals surface area (Å²) in [5.74, 6) is 1.04. The van der Waals surface area contributed by atoms with Gasteiger partial charge in [-0.1, -0.05) is 19.8 Å². The molecule has 0 amide bonds. The Hall–Kier alpha value is -1.16. The van der Waals surface area contributed by atoms with Crippen LogP contribution in [0.1, 0.15) is 38.2 Å². The minimum atomic E-state index is -0.395. The maximum atomic E-state index is 13.1. The van der Waals surface area contributed by atoms with Gasteiger partial charge in [0.05, 0.1) is 12.8 Å². The molecule has 2 atom stereocenters. The average molecular weight is 252 g/mol. The fourth-order valence-corrected chi connectivity index (χ4v) is 2.83. The van der Waals surface area contributed by atoms with Crippen molar-refractivity contribution in [2.75, 3.05) is 11.9 Å². The van der Waals surface area contributed by atoms with Crippen molar-refractivity contribution < 1.29 is 9.50 Å². The van der Waals surface area contributed by atoms with Crippen LogP contribution >= 0.6 is 0 Å². The fraction of sp³-hybridized carbons (Fsp3) is 0.643. The van der Waals surface area contributed by atoms with Crippen LogP contribution in [0.15, 0.2) is 12.3 Å². The van der Waals surface area contributed by atoms with Crippen LogP contribution in [0.2, 0.25) is 0 Å². The molecule has 18 heavy (non-hydrogen) atoms. The zero-order valence-electron chi connectivity index (χ0n) is 11.1. The van der Waals surface area contributed by atoms with E-state index in [0.717, 1.165) is 18.8 Å². The molecule has 100 valence electrons. The highest BCUT2D eigenvalue weighted by Gasteiger charge is 2.24. The number of pyridine rings is 1. The van der Waals surface area contributed by atoms with E-state index in [1.807, 2.05) is 7.05 Å². The number of hydrogen-bond donors (Lipinski definition) is 1. The minimum Gasteiger partial charge on any atom is -0.392 e. The van der Waals surface area contributed by atoms with Gasteiger partial charge < -0.3 is 10.0 Å². The predicted molar refractivity (Wildman–Crippen MR) is 69.9 cm³/mol. The zero-order chi connectivity index (χ0) is 13.1. The molecule has 0 aromatic carbocycles. The summed E-state index contributed by atoms with van der Waals surface area (Å²) in [6.07, 6.45) is 6.02. The van der Waals surface area contributed by atoms with Gasteiger partial charge in [-0.15, -0.1) is 0 Å². The van der Waals surface area contributed by atoms with E-state index in [1.165, 1.54) is 25.1 Å². The number of hydrogen-bond acceptors (Lipinski definition) is 3. The van der Waals surface area contributed by atoms with Crippen molar-refractivity contribution in [3.05, 3.63) is 23.6 Å². The van der Waals surface area contributed by atoms with Crippen molar-refractivity contribution in [2.24, 2.45) is 5.92 Å². The number of halogens is 1. The van der Waals surface area contributed by atoms with E-state index in [4.69, 9.17) is 0 Å². The normalized spacial score (nSPS) is 24.0. The molecule has 4 heteroatoms. The molecule has 1 N–H and O–H groups in total. The molecule has 0 spiro atoms. The van der Waals surface area contributed by atoms with Gasteiger partial charge >= 0.3 is 0 Å². The predicted octanol–water partition coefficient (Wildman–Crippen LogP) is 2.73. The zero-order valence-corrected chi connectivity index (χ0v) is 11.1.